The van der Waals surface area contributed by atoms with E-state index in [0.717, 1.165) is 6.07 Å². The van der Waals surface area contributed by atoms with Gasteiger partial charge in [-0.2, -0.15) is 0 Å². The quantitative estimate of drug-likeness (QED) is 0.693. The minimum Gasteiger partial charge on any atom is -0.496 e. The first-order valence-electron chi connectivity index (χ1n) is 5.92. The maximum atomic E-state index is 13.2. The zero-order chi connectivity index (χ0) is 14.7. The molecule has 0 atom stereocenters. The number of methoxy groups -OCH3 is 1. The molecule has 104 valence electrons. The van der Waals surface area contributed by atoms with Crippen molar-refractivity contribution in [3.05, 3.63) is 58.4 Å². The third kappa shape index (κ3) is 3.08. The van der Waals surface area contributed by atoms with Gasteiger partial charge in [-0.3, -0.25) is 4.79 Å². The van der Waals surface area contributed by atoms with Gasteiger partial charge in [-0.25, -0.2) is 4.39 Å². The molecule has 0 radical (unpaired) electrons. The van der Waals surface area contributed by atoms with E-state index in [1.807, 2.05) is 0 Å². The molecule has 2 rings (SSSR count). The molecule has 0 amide bonds. The largest absolute Gasteiger partial charge is 0.496 e. The van der Waals surface area contributed by atoms with Gasteiger partial charge in [0.15, 0.2) is 5.78 Å². The molecule has 20 heavy (non-hydrogen) atoms. The van der Waals surface area contributed by atoms with Crippen LogP contribution in [-0.2, 0) is 6.42 Å². The number of rotatable bonds is 4. The van der Waals surface area contributed by atoms with Crippen molar-refractivity contribution >= 4 is 23.1 Å². The summed E-state index contributed by atoms with van der Waals surface area (Å²) in [6.45, 7) is 0. The highest BCUT2D eigenvalue weighted by molar-refractivity contribution is 6.30. The minimum atomic E-state index is -0.499. The number of ether oxygens (including phenoxy) is 1. The summed E-state index contributed by atoms with van der Waals surface area (Å²) in [6, 6.07) is 8.72. The van der Waals surface area contributed by atoms with Crippen molar-refractivity contribution in [2.75, 3.05) is 12.8 Å². The second-order valence-corrected chi connectivity index (χ2v) is 4.72. The van der Waals surface area contributed by atoms with E-state index in [4.69, 9.17) is 22.1 Å². The van der Waals surface area contributed by atoms with Crippen LogP contribution in [0.3, 0.4) is 0 Å². The topological polar surface area (TPSA) is 52.3 Å². The van der Waals surface area contributed by atoms with Crippen molar-refractivity contribution in [3.63, 3.8) is 0 Å². The molecule has 0 unspecified atom stereocenters. The molecule has 2 aromatic rings. The number of hydrogen-bond acceptors (Lipinski definition) is 3. The number of carbonyl (C=O) groups is 1. The summed E-state index contributed by atoms with van der Waals surface area (Å²) in [5, 5.41) is 0.501. The third-order valence-corrected chi connectivity index (χ3v) is 3.14. The standard InChI is InChI=1S/C15H13ClFNO2/c1-20-15-5-2-10(16)6-9(15)7-14(19)12-8-11(17)3-4-13(12)18/h2-6,8H,7,18H2,1H3. The number of nitrogens with two attached hydrogens (primary N) is 1. The van der Waals surface area contributed by atoms with Crippen LogP contribution in [0.25, 0.3) is 0 Å². The fourth-order valence-corrected chi connectivity index (χ4v) is 2.12. The van der Waals surface area contributed by atoms with Crippen molar-refractivity contribution < 1.29 is 13.9 Å². The van der Waals surface area contributed by atoms with Crippen LogP contribution in [0.1, 0.15) is 15.9 Å². The van der Waals surface area contributed by atoms with Gasteiger partial charge in [-0.05, 0) is 36.4 Å². The number of anilines is 1. The van der Waals surface area contributed by atoms with Gasteiger partial charge in [-0.15, -0.1) is 0 Å². The molecule has 0 heterocycles. The Morgan fingerprint density at radius 1 is 1.30 bits per heavy atom. The van der Waals surface area contributed by atoms with Gasteiger partial charge in [0.25, 0.3) is 0 Å². The average Bonchev–Trinajstić information content (AvgIpc) is 2.41. The number of carbonyl (C=O) groups excluding carboxylic acids is 1. The Morgan fingerprint density at radius 2 is 2.05 bits per heavy atom. The van der Waals surface area contributed by atoms with Gasteiger partial charge in [0, 0.05) is 28.3 Å². The molecule has 0 saturated carbocycles. The highest BCUT2D eigenvalue weighted by Crippen LogP contribution is 2.25. The third-order valence-electron chi connectivity index (χ3n) is 2.91. The number of ketones is 1. The lowest BCUT2D eigenvalue weighted by molar-refractivity contribution is 0.0992. The van der Waals surface area contributed by atoms with Crippen LogP contribution in [0.5, 0.6) is 5.75 Å². The minimum absolute atomic E-state index is 0.0391. The van der Waals surface area contributed by atoms with E-state index in [2.05, 4.69) is 0 Å². The summed E-state index contributed by atoms with van der Waals surface area (Å²) in [4.78, 5) is 12.2. The van der Waals surface area contributed by atoms with E-state index >= 15 is 0 Å². The summed E-state index contributed by atoms with van der Waals surface area (Å²) in [5.74, 6) is -0.235. The predicted molar refractivity (Wildman–Crippen MR) is 76.9 cm³/mol. The van der Waals surface area contributed by atoms with E-state index in [0.29, 0.717) is 16.3 Å². The number of Topliss-reactive ketones (excluding diaryl/α,β-unsaturated/α-hetero) is 1. The van der Waals surface area contributed by atoms with E-state index in [-0.39, 0.29) is 23.5 Å². The second-order valence-electron chi connectivity index (χ2n) is 4.29. The molecule has 0 aliphatic rings. The highest BCUT2D eigenvalue weighted by atomic mass is 35.5. The summed E-state index contributed by atoms with van der Waals surface area (Å²) < 4.78 is 18.4. The Kier molecular flexibility index (Phi) is 4.25. The van der Waals surface area contributed by atoms with E-state index in [1.54, 1.807) is 18.2 Å². The van der Waals surface area contributed by atoms with Crippen molar-refractivity contribution in [3.8, 4) is 5.75 Å². The molecule has 0 bridgehead atoms. The molecular weight excluding hydrogens is 281 g/mol. The normalized spacial score (nSPS) is 10.3. The second kappa shape index (κ2) is 5.92. The molecule has 0 aliphatic heterocycles. The van der Waals surface area contributed by atoms with Gasteiger partial charge in [-0.1, -0.05) is 11.6 Å². The summed E-state index contributed by atoms with van der Waals surface area (Å²) in [6.07, 6.45) is 0.0391. The molecule has 0 aromatic heterocycles. The van der Waals surface area contributed by atoms with Gasteiger partial charge in [0.2, 0.25) is 0 Å². The Labute approximate surface area is 121 Å². The van der Waals surface area contributed by atoms with Crippen molar-refractivity contribution in [1.82, 2.24) is 0 Å². The number of nitrogen functional groups attached to an aromatic ring is 1. The molecule has 0 saturated heterocycles. The number of hydrogen-bond donors (Lipinski definition) is 1. The van der Waals surface area contributed by atoms with Gasteiger partial charge < -0.3 is 10.5 Å². The maximum absolute atomic E-state index is 13.2. The lowest BCUT2D eigenvalue weighted by atomic mass is 10.0. The SMILES string of the molecule is COc1ccc(Cl)cc1CC(=O)c1cc(F)ccc1N. The first kappa shape index (κ1) is 14.3. The van der Waals surface area contributed by atoms with E-state index in [9.17, 15) is 9.18 Å². The van der Waals surface area contributed by atoms with Crippen LogP contribution in [-0.4, -0.2) is 12.9 Å². The Balaban J connectivity index is 2.32. The first-order chi connectivity index (χ1) is 9.51. The fourth-order valence-electron chi connectivity index (χ4n) is 1.92. The van der Waals surface area contributed by atoms with Gasteiger partial charge in [0.1, 0.15) is 11.6 Å². The maximum Gasteiger partial charge on any atom is 0.169 e. The summed E-state index contributed by atoms with van der Waals surface area (Å²) >= 11 is 5.91. The van der Waals surface area contributed by atoms with Gasteiger partial charge >= 0.3 is 0 Å². The van der Waals surface area contributed by atoms with Crippen LogP contribution in [0, 0.1) is 5.82 Å². The molecule has 2 aromatic carbocycles. The van der Waals surface area contributed by atoms with Crippen LogP contribution in [0.2, 0.25) is 5.02 Å². The Bertz CT molecular complexity index is 658. The molecular formula is C15H13ClFNO2. The highest BCUT2D eigenvalue weighted by Gasteiger charge is 2.14. The first-order valence-corrected chi connectivity index (χ1v) is 6.29. The van der Waals surface area contributed by atoms with E-state index in [1.165, 1.54) is 19.2 Å². The number of benzene rings is 2. The smallest absolute Gasteiger partial charge is 0.169 e. The zero-order valence-corrected chi connectivity index (χ0v) is 11.6. The van der Waals surface area contributed by atoms with Crippen LogP contribution in [0.4, 0.5) is 10.1 Å². The Morgan fingerprint density at radius 3 is 2.75 bits per heavy atom. The lowest BCUT2D eigenvalue weighted by Crippen LogP contribution is -2.08. The Hall–Kier alpha value is -2.07. The monoisotopic (exact) mass is 293 g/mol. The van der Waals surface area contributed by atoms with E-state index < -0.39 is 5.82 Å². The summed E-state index contributed by atoms with van der Waals surface area (Å²) in [7, 11) is 1.51. The number of halogens is 2. The zero-order valence-electron chi connectivity index (χ0n) is 10.8. The van der Waals surface area contributed by atoms with Crippen LogP contribution < -0.4 is 10.5 Å². The molecule has 5 heteroatoms. The fraction of sp³-hybridized carbons (Fsp3) is 0.133. The molecule has 0 fully saturated rings. The van der Waals surface area contributed by atoms with Crippen molar-refractivity contribution in [1.29, 1.82) is 0 Å². The average molecular weight is 294 g/mol. The van der Waals surface area contributed by atoms with Gasteiger partial charge in [0.05, 0.1) is 7.11 Å². The molecule has 3 nitrogen and oxygen atoms in total. The molecule has 2 N–H and O–H groups in total. The lowest BCUT2D eigenvalue weighted by Gasteiger charge is -2.09. The van der Waals surface area contributed by atoms with Crippen molar-refractivity contribution in [2.45, 2.75) is 6.42 Å². The molecule has 0 aliphatic carbocycles. The van der Waals surface area contributed by atoms with Crippen molar-refractivity contribution in [2.24, 2.45) is 0 Å². The summed E-state index contributed by atoms with van der Waals surface area (Å²) in [5.41, 5.74) is 6.74. The van der Waals surface area contributed by atoms with Crippen LogP contribution >= 0.6 is 11.6 Å². The predicted octanol–water partition coefficient (Wildman–Crippen LogP) is 3.50. The van der Waals surface area contributed by atoms with Crippen LogP contribution in [0.15, 0.2) is 36.4 Å². The molecule has 0 spiro atoms.